The van der Waals surface area contributed by atoms with Crippen molar-refractivity contribution in [1.82, 2.24) is 10.2 Å². The number of rotatable bonds is 2. The molecule has 19 heavy (non-hydrogen) atoms. The quantitative estimate of drug-likeness (QED) is 0.795. The molecule has 1 saturated heterocycles. The van der Waals surface area contributed by atoms with Crippen LogP contribution in [0.25, 0.3) is 0 Å². The number of carbonyl (C=O) groups excluding carboxylic acids is 2. The van der Waals surface area contributed by atoms with Gasteiger partial charge in [-0.25, -0.2) is 4.79 Å². The van der Waals surface area contributed by atoms with Crippen molar-refractivity contribution in [3.8, 4) is 0 Å². The lowest BCUT2D eigenvalue weighted by Crippen LogP contribution is -2.49. The summed E-state index contributed by atoms with van der Waals surface area (Å²) in [6, 6.07) is -0.0935. The Hall–Kier alpha value is -1.26. The van der Waals surface area contributed by atoms with Crippen molar-refractivity contribution in [2.24, 2.45) is 17.6 Å². The van der Waals surface area contributed by atoms with E-state index in [1.165, 1.54) is 12.8 Å². The summed E-state index contributed by atoms with van der Waals surface area (Å²) < 4.78 is 0. The number of urea groups is 1. The predicted octanol–water partition coefficient (Wildman–Crippen LogP) is 1.47. The van der Waals surface area contributed by atoms with Crippen LogP contribution in [-0.4, -0.2) is 36.0 Å². The first-order chi connectivity index (χ1) is 9.06. The van der Waals surface area contributed by atoms with E-state index in [0.29, 0.717) is 25.0 Å². The van der Waals surface area contributed by atoms with Gasteiger partial charge in [-0.15, -0.1) is 0 Å². The number of primary amides is 1. The summed E-state index contributed by atoms with van der Waals surface area (Å²) in [6.45, 7) is 3.40. The molecule has 108 valence electrons. The second-order valence-corrected chi connectivity index (χ2v) is 6.10. The van der Waals surface area contributed by atoms with Gasteiger partial charge >= 0.3 is 6.03 Å². The van der Waals surface area contributed by atoms with E-state index in [9.17, 15) is 9.59 Å². The molecule has 2 fully saturated rings. The maximum atomic E-state index is 12.3. The molecule has 0 aromatic rings. The van der Waals surface area contributed by atoms with Crippen molar-refractivity contribution < 1.29 is 9.59 Å². The van der Waals surface area contributed by atoms with E-state index >= 15 is 0 Å². The molecule has 2 rings (SSSR count). The summed E-state index contributed by atoms with van der Waals surface area (Å²) in [6.07, 6.45) is 6.36. The maximum Gasteiger partial charge on any atom is 0.314 e. The molecule has 0 radical (unpaired) electrons. The number of nitrogens with one attached hydrogen (secondary N) is 1. The van der Waals surface area contributed by atoms with Crippen molar-refractivity contribution in [3.63, 3.8) is 0 Å². The molecule has 0 aromatic heterocycles. The molecule has 0 aromatic carbocycles. The number of nitrogens with zero attached hydrogens (tertiary/aromatic N) is 1. The third kappa shape index (κ3) is 3.85. The highest BCUT2D eigenvalue weighted by Crippen LogP contribution is 2.24. The smallest absolute Gasteiger partial charge is 0.314 e. The Morgan fingerprint density at radius 3 is 2.68 bits per heavy atom. The number of likely N-dealkylation sites (tertiary alicyclic amines) is 1. The van der Waals surface area contributed by atoms with Gasteiger partial charge < -0.3 is 16.0 Å². The normalized spacial score (nSPS) is 31.8. The van der Waals surface area contributed by atoms with E-state index in [0.717, 1.165) is 25.7 Å². The number of nitrogens with two attached hydrogens (primary N) is 1. The lowest BCUT2D eigenvalue weighted by Gasteiger charge is -2.33. The van der Waals surface area contributed by atoms with Crippen LogP contribution < -0.4 is 11.1 Å². The SMILES string of the molecule is C[C@@H]1CCC[C@H](NC(=O)[C@@H]2CCCN(C(N)=O)C2)C1. The van der Waals surface area contributed by atoms with Gasteiger partial charge in [0.25, 0.3) is 0 Å². The molecule has 1 aliphatic carbocycles. The van der Waals surface area contributed by atoms with Crippen molar-refractivity contribution in [2.45, 2.75) is 51.5 Å². The minimum atomic E-state index is -0.413. The Morgan fingerprint density at radius 1 is 1.21 bits per heavy atom. The zero-order chi connectivity index (χ0) is 13.8. The topological polar surface area (TPSA) is 75.4 Å². The molecule has 5 heteroatoms. The second-order valence-electron chi connectivity index (χ2n) is 6.10. The Labute approximate surface area is 114 Å². The molecular formula is C14H25N3O2. The number of piperidine rings is 1. The molecule has 2 aliphatic rings. The van der Waals surface area contributed by atoms with E-state index in [1.807, 2.05) is 0 Å². The molecule has 1 heterocycles. The van der Waals surface area contributed by atoms with Gasteiger partial charge in [0.15, 0.2) is 0 Å². The van der Waals surface area contributed by atoms with Crippen molar-refractivity contribution in [1.29, 1.82) is 0 Å². The zero-order valence-corrected chi connectivity index (χ0v) is 11.7. The van der Waals surface area contributed by atoms with Crippen molar-refractivity contribution in [2.75, 3.05) is 13.1 Å². The average Bonchev–Trinajstić information content (AvgIpc) is 2.39. The molecule has 1 aliphatic heterocycles. The molecule has 3 N–H and O–H groups in total. The Bertz CT molecular complexity index is 346. The summed E-state index contributed by atoms with van der Waals surface area (Å²) in [5, 5.41) is 3.16. The fraction of sp³-hybridized carbons (Fsp3) is 0.857. The minimum Gasteiger partial charge on any atom is -0.353 e. The van der Waals surface area contributed by atoms with Gasteiger partial charge in [0.2, 0.25) is 5.91 Å². The van der Waals surface area contributed by atoms with Crippen LogP contribution in [0.4, 0.5) is 4.79 Å². The monoisotopic (exact) mass is 267 g/mol. The maximum absolute atomic E-state index is 12.3. The molecule has 0 bridgehead atoms. The molecule has 5 nitrogen and oxygen atoms in total. The van der Waals surface area contributed by atoms with Gasteiger partial charge in [0, 0.05) is 19.1 Å². The Kier molecular flexibility index (Phi) is 4.66. The zero-order valence-electron chi connectivity index (χ0n) is 11.7. The number of carbonyl (C=O) groups is 2. The van der Waals surface area contributed by atoms with Crippen LogP contribution in [0.15, 0.2) is 0 Å². The highest BCUT2D eigenvalue weighted by molar-refractivity contribution is 5.80. The van der Waals surface area contributed by atoms with Crippen LogP contribution in [0.5, 0.6) is 0 Å². The lowest BCUT2D eigenvalue weighted by atomic mass is 9.86. The van der Waals surface area contributed by atoms with Gasteiger partial charge in [-0.3, -0.25) is 4.79 Å². The van der Waals surface area contributed by atoms with Gasteiger partial charge in [0.1, 0.15) is 0 Å². The van der Waals surface area contributed by atoms with Crippen LogP contribution in [0.3, 0.4) is 0 Å². The summed E-state index contributed by atoms with van der Waals surface area (Å²) in [5.41, 5.74) is 5.29. The third-order valence-electron chi connectivity index (χ3n) is 4.39. The molecule has 3 amide bonds. The fourth-order valence-electron chi connectivity index (χ4n) is 3.28. The molecule has 3 atom stereocenters. The van der Waals surface area contributed by atoms with E-state index in [2.05, 4.69) is 12.2 Å². The number of hydrogen-bond acceptors (Lipinski definition) is 2. The van der Waals surface area contributed by atoms with Crippen LogP contribution >= 0.6 is 0 Å². The van der Waals surface area contributed by atoms with E-state index in [4.69, 9.17) is 5.73 Å². The Morgan fingerprint density at radius 2 is 2.00 bits per heavy atom. The summed E-state index contributed by atoms with van der Waals surface area (Å²) >= 11 is 0. The van der Waals surface area contributed by atoms with Crippen LogP contribution in [0, 0.1) is 11.8 Å². The summed E-state index contributed by atoms with van der Waals surface area (Å²) in [4.78, 5) is 25.0. The van der Waals surface area contributed by atoms with Crippen LogP contribution in [0.2, 0.25) is 0 Å². The largest absolute Gasteiger partial charge is 0.353 e. The molecule has 0 spiro atoms. The van der Waals surface area contributed by atoms with Crippen LogP contribution in [-0.2, 0) is 4.79 Å². The van der Waals surface area contributed by atoms with Gasteiger partial charge in [-0.2, -0.15) is 0 Å². The summed E-state index contributed by atoms with van der Waals surface area (Å²) in [7, 11) is 0. The van der Waals surface area contributed by atoms with Gasteiger partial charge in [-0.05, 0) is 31.6 Å². The predicted molar refractivity (Wildman–Crippen MR) is 73.4 cm³/mol. The van der Waals surface area contributed by atoms with Crippen molar-refractivity contribution in [3.05, 3.63) is 0 Å². The second kappa shape index (κ2) is 6.26. The number of hydrogen-bond donors (Lipinski definition) is 2. The van der Waals surface area contributed by atoms with Gasteiger partial charge in [-0.1, -0.05) is 19.8 Å². The van der Waals surface area contributed by atoms with E-state index < -0.39 is 6.03 Å². The number of amides is 3. The standard InChI is InChI=1S/C14H25N3O2/c1-10-4-2-6-12(8-10)16-13(18)11-5-3-7-17(9-11)14(15)19/h10-12H,2-9H2,1H3,(H2,15,19)(H,16,18)/t10-,11-,12+/m1/s1. The first kappa shape index (κ1) is 14.2. The molecular weight excluding hydrogens is 242 g/mol. The fourth-order valence-corrected chi connectivity index (χ4v) is 3.28. The van der Waals surface area contributed by atoms with Crippen LogP contribution in [0.1, 0.15) is 45.4 Å². The third-order valence-corrected chi connectivity index (χ3v) is 4.39. The van der Waals surface area contributed by atoms with E-state index in [1.54, 1.807) is 4.90 Å². The highest BCUT2D eigenvalue weighted by atomic mass is 16.2. The molecule has 1 saturated carbocycles. The lowest BCUT2D eigenvalue weighted by molar-refractivity contribution is -0.127. The summed E-state index contributed by atoms with van der Waals surface area (Å²) in [5.74, 6) is 0.719. The highest BCUT2D eigenvalue weighted by Gasteiger charge is 2.29. The first-order valence-electron chi connectivity index (χ1n) is 7.41. The first-order valence-corrected chi connectivity index (χ1v) is 7.41. The van der Waals surface area contributed by atoms with Gasteiger partial charge in [0.05, 0.1) is 5.92 Å². The Balaban J connectivity index is 1.83. The molecule has 0 unspecified atom stereocenters. The van der Waals surface area contributed by atoms with E-state index in [-0.39, 0.29) is 11.8 Å². The average molecular weight is 267 g/mol. The minimum absolute atomic E-state index is 0.0847. The van der Waals surface area contributed by atoms with Crippen molar-refractivity contribution >= 4 is 11.9 Å².